The fraction of sp³-hybridized carbons (Fsp3) is 1.00. The molecule has 0 aromatic rings. The lowest BCUT2D eigenvalue weighted by Crippen LogP contribution is -2.35. The number of hydrogen-bond donors (Lipinski definition) is 1. The Labute approximate surface area is 91.7 Å². The summed E-state index contributed by atoms with van der Waals surface area (Å²) in [5.41, 5.74) is 0.884. The molecule has 0 aromatic heterocycles. The van der Waals surface area contributed by atoms with Crippen LogP contribution in [0.3, 0.4) is 0 Å². The molecule has 0 heterocycles. The SMILES string of the molecule is CCC(C)(C)CC.CCNC(C)(C)C. The summed E-state index contributed by atoms with van der Waals surface area (Å²) in [6.07, 6.45) is 2.59. The lowest BCUT2D eigenvalue weighted by molar-refractivity contribution is 0.338. The smallest absolute Gasteiger partial charge is 0.00963 e. The maximum atomic E-state index is 3.28. The highest BCUT2D eigenvalue weighted by atomic mass is 14.9. The molecule has 0 radical (unpaired) electrons. The van der Waals surface area contributed by atoms with Crippen molar-refractivity contribution >= 4 is 0 Å². The summed E-state index contributed by atoms with van der Waals surface area (Å²) in [5.74, 6) is 0. The van der Waals surface area contributed by atoms with Crippen molar-refractivity contribution in [3.05, 3.63) is 0 Å². The maximum Gasteiger partial charge on any atom is 0.00963 e. The third kappa shape index (κ3) is 14.5. The maximum absolute atomic E-state index is 3.28. The summed E-state index contributed by atoms with van der Waals surface area (Å²) in [4.78, 5) is 0. The Morgan fingerprint density at radius 3 is 1.14 bits per heavy atom. The predicted octanol–water partition coefficient (Wildman–Crippen LogP) is 4.23. The zero-order valence-electron chi connectivity index (χ0n) is 11.6. The van der Waals surface area contributed by atoms with Gasteiger partial charge < -0.3 is 5.32 Å². The van der Waals surface area contributed by atoms with E-state index in [2.05, 4.69) is 60.7 Å². The molecule has 0 saturated heterocycles. The third-order valence-corrected chi connectivity index (χ3v) is 2.62. The minimum Gasteiger partial charge on any atom is -0.312 e. The van der Waals surface area contributed by atoms with Crippen LogP contribution in [0.5, 0.6) is 0 Å². The van der Waals surface area contributed by atoms with Gasteiger partial charge in [0.1, 0.15) is 0 Å². The number of rotatable bonds is 3. The van der Waals surface area contributed by atoms with Gasteiger partial charge in [0.25, 0.3) is 0 Å². The van der Waals surface area contributed by atoms with Crippen molar-refractivity contribution in [2.75, 3.05) is 6.54 Å². The van der Waals surface area contributed by atoms with Gasteiger partial charge in [0, 0.05) is 5.54 Å². The molecule has 0 aliphatic heterocycles. The van der Waals surface area contributed by atoms with E-state index in [1.165, 1.54) is 12.8 Å². The zero-order valence-corrected chi connectivity index (χ0v) is 11.6. The zero-order chi connectivity index (χ0) is 11.8. The molecule has 14 heavy (non-hydrogen) atoms. The Morgan fingerprint density at radius 2 is 1.14 bits per heavy atom. The van der Waals surface area contributed by atoms with Gasteiger partial charge in [0.15, 0.2) is 0 Å². The molecule has 1 heteroatoms. The van der Waals surface area contributed by atoms with Crippen molar-refractivity contribution in [1.82, 2.24) is 5.32 Å². The quantitative estimate of drug-likeness (QED) is 0.720. The van der Waals surface area contributed by atoms with Gasteiger partial charge in [-0.3, -0.25) is 0 Å². The average Bonchev–Trinajstić information content (AvgIpc) is 2.04. The molecule has 0 aliphatic carbocycles. The van der Waals surface area contributed by atoms with Gasteiger partial charge in [-0.1, -0.05) is 47.5 Å². The van der Waals surface area contributed by atoms with Gasteiger partial charge in [0.05, 0.1) is 0 Å². The molecule has 0 amide bonds. The summed E-state index contributed by atoms with van der Waals surface area (Å²) < 4.78 is 0. The molecule has 0 saturated carbocycles. The summed E-state index contributed by atoms with van der Waals surface area (Å²) in [6.45, 7) is 18.7. The molecular weight excluding hydrogens is 170 g/mol. The molecule has 0 rings (SSSR count). The first-order chi connectivity index (χ1) is 6.18. The van der Waals surface area contributed by atoms with Crippen LogP contribution in [0.2, 0.25) is 0 Å². The van der Waals surface area contributed by atoms with Crippen LogP contribution in [0.1, 0.15) is 68.2 Å². The van der Waals surface area contributed by atoms with Crippen LogP contribution < -0.4 is 5.32 Å². The highest BCUT2D eigenvalue weighted by molar-refractivity contribution is 4.67. The lowest BCUT2D eigenvalue weighted by atomic mass is 9.88. The average molecular weight is 201 g/mol. The van der Waals surface area contributed by atoms with Crippen LogP contribution in [0.15, 0.2) is 0 Å². The molecule has 88 valence electrons. The molecule has 0 spiro atoms. The Bertz CT molecular complexity index is 114. The van der Waals surface area contributed by atoms with Crippen LogP contribution in [0.4, 0.5) is 0 Å². The Kier molecular flexibility index (Phi) is 8.52. The minimum atomic E-state index is 0.300. The van der Waals surface area contributed by atoms with Crippen molar-refractivity contribution in [2.24, 2.45) is 5.41 Å². The Hall–Kier alpha value is -0.0400. The van der Waals surface area contributed by atoms with Gasteiger partial charge >= 0.3 is 0 Å². The summed E-state index contributed by atoms with van der Waals surface area (Å²) >= 11 is 0. The van der Waals surface area contributed by atoms with Crippen molar-refractivity contribution in [3.63, 3.8) is 0 Å². The van der Waals surface area contributed by atoms with Gasteiger partial charge in [-0.15, -0.1) is 0 Å². The van der Waals surface area contributed by atoms with Crippen molar-refractivity contribution in [2.45, 2.75) is 73.8 Å². The van der Waals surface area contributed by atoms with E-state index in [9.17, 15) is 0 Å². The van der Waals surface area contributed by atoms with E-state index in [1.54, 1.807) is 0 Å². The first-order valence-electron chi connectivity index (χ1n) is 5.93. The van der Waals surface area contributed by atoms with Crippen molar-refractivity contribution in [1.29, 1.82) is 0 Å². The second-order valence-electron chi connectivity index (χ2n) is 5.65. The molecule has 0 atom stereocenters. The van der Waals surface area contributed by atoms with Crippen molar-refractivity contribution in [3.8, 4) is 0 Å². The molecule has 0 bridgehead atoms. The van der Waals surface area contributed by atoms with Crippen LogP contribution in [-0.4, -0.2) is 12.1 Å². The normalized spacial score (nSPS) is 12.0. The highest BCUT2D eigenvalue weighted by Gasteiger charge is 2.09. The second-order valence-corrected chi connectivity index (χ2v) is 5.65. The Morgan fingerprint density at radius 1 is 0.786 bits per heavy atom. The molecule has 0 aromatic carbocycles. The minimum absolute atomic E-state index is 0.300. The number of nitrogens with one attached hydrogen (secondary N) is 1. The molecular formula is C13H31N. The lowest BCUT2D eigenvalue weighted by Gasteiger charge is -2.18. The molecule has 0 aliphatic rings. The highest BCUT2D eigenvalue weighted by Crippen LogP contribution is 2.22. The first-order valence-corrected chi connectivity index (χ1v) is 5.93. The van der Waals surface area contributed by atoms with Crippen LogP contribution in [0, 0.1) is 5.41 Å². The van der Waals surface area contributed by atoms with E-state index in [0.29, 0.717) is 11.0 Å². The fourth-order valence-electron chi connectivity index (χ4n) is 0.780. The molecule has 0 fully saturated rings. The predicted molar refractivity (Wildman–Crippen MR) is 67.8 cm³/mol. The largest absolute Gasteiger partial charge is 0.312 e. The van der Waals surface area contributed by atoms with Crippen LogP contribution in [0.25, 0.3) is 0 Å². The van der Waals surface area contributed by atoms with Gasteiger partial charge in [-0.2, -0.15) is 0 Å². The topological polar surface area (TPSA) is 12.0 Å². The molecule has 1 nitrogen and oxygen atoms in total. The standard InChI is InChI=1S/C7H16.C6H15N/c1-5-7(3,4)6-2;1-5-7-6(2,3)4/h5-6H2,1-4H3;7H,5H2,1-4H3. The van der Waals surface area contributed by atoms with E-state index < -0.39 is 0 Å². The second kappa shape index (κ2) is 7.28. The summed E-state index contributed by atoms with van der Waals surface area (Å²) in [6, 6.07) is 0. The van der Waals surface area contributed by atoms with E-state index in [0.717, 1.165) is 6.54 Å². The molecule has 1 N–H and O–H groups in total. The van der Waals surface area contributed by atoms with Crippen LogP contribution in [-0.2, 0) is 0 Å². The van der Waals surface area contributed by atoms with Crippen molar-refractivity contribution < 1.29 is 0 Å². The van der Waals surface area contributed by atoms with E-state index in [-0.39, 0.29) is 0 Å². The monoisotopic (exact) mass is 201 g/mol. The third-order valence-electron chi connectivity index (χ3n) is 2.62. The van der Waals surface area contributed by atoms with Gasteiger partial charge in [0.2, 0.25) is 0 Å². The van der Waals surface area contributed by atoms with Gasteiger partial charge in [-0.05, 0) is 32.7 Å². The number of hydrogen-bond acceptors (Lipinski definition) is 1. The van der Waals surface area contributed by atoms with Gasteiger partial charge in [-0.25, -0.2) is 0 Å². The van der Waals surface area contributed by atoms with E-state index in [4.69, 9.17) is 0 Å². The summed E-state index contributed by atoms with van der Waals surface area (Å²) in [7, 11) is 0. The van der Waals surface area contributed by atoms with Crippen LogP contribution >= 0.6 is 0 Å². The van der Waals surface area contributed by atoms with E-state index in [1.807, 2.05) is 0 Å². The summed E-state index contributed by atoms with van der Waals surface area (Å²) in [5, 5.41) is 3.28. The Balaban J connectivity index is 0. The van der Waals surface area contributed by atoms with E-state index >= 15 is 0 Å². The fourth-order valence-corrected chi connectivity index (χ4v) is 0.780. The molecule has 0 unspecified atom stereocenters. The first kappa shape index (κ1) is 16.4.